The van der Waals surface area contributed by atoms with E-state index < -0.39 is 0 Å². The quantitative estimate of drug-likeness (QED) is 0.767. The highest BCUT2D eigenvalue weighted by Gasteiger charge is 2.45. The van der Waals surface area contributed by atoms with Gasteiger partial charge in [-0.25, -0.2) is 0 Å². The van der Waals surface area contributed by atoms with Gasteiger partial charge < -0.3 is 5.32 Å². The fraction of sp³-hybridized carbons (Fsp3) is 0.524. The van der Waals surface area contributed by atoms with Crippen molar-refractivity contribution in [3.63, 3.8) is 0 Å². The van der Waals surface area contributed by atoms with Gasteiger partial charge in [-0.05, 0) is 80.0 Å². The fourth-order valence-corrected chi connectivity index (χ4v) is 5.74. The Morgan fingerprint density at radius 2 is 1.80 bits per heavy atom. The van der Waals surface area contributed by atoms with Gasteiger partial charge in [-0.3, -0.25) is 9.98 Å². The Bertz CT molecular complexity index is 799. The first-order valence-corrected chi connectivity index (χ1v) is 9.96. The van der Waals surface area contributed by atoms with Crippen LogP contribution in [0.25, 0.3) is 10.9 Å². The molecule has 1 aromatic carbocycles. The molecule has 6 rings (SSSR count). The normalized spacial score (nSPS) is 30.0. The van der Waals surface area contributed by atoms with Gasteiger partial charge in [-0.1, -0.05) is 11.6 Å². The Hall–Kier alpha value is -1.61. The summed E-state index contributed by atoms with van der Waals surface area (Å²) in [5, 5.41) is 5.39. The molecular formula is C21H24ClN3. The third-order valence-corrected chi connectivity index (χ3v) is 6.64. The lowest BCUT2D eigenvalue weighted by Crippen LogP contribution is -2.45. The van der Waals surface area contributed by atoms with E-state index in [1.807, 2.05) is 30.5 Å². The Morgan fingerprint density at radius 3 is 2.56 bits per heavy atom. The first-order chi connectivity index (χ1) is 12.3. The van der Waals surface area contributed by atoms with E-state index in [-0.39, 0.29) is 0 Å². The summed E-state index contributed by atoms with van der Waals surface area (Å²) in [6.45, 7) is 1.74. The Kier molecular flexibility index (Phi) is 3.93. The van der Waals surface area contributed by atoms with Crippen LogP contribution in [0.2, 0.25) is 5.02 Å². The lowest BCUT2D eigenvalue weighted by Gasteiger charge is -2.50. The van der Waals surface area contributed by atoms with Crippen LogP contribution in [0.5, 0.6) is 0 Å². The number of fused-ring (bicyclic) bond motifs is 1. The number of nitrogens with zero attached hydrogens (tertiary/aromatic N) is 2. The van der Waals surface area contributed by atoms with Gasteiger partial charge in [0.2, 0.25) is 0 Å². The van der Waals surface area contributed by atoms with E-state index in [9.17, 15) is 0 Å². The number of aromatic nitrogens is 1. The lowest BCUT2D eigenvalue weighted by atomic mass is 9.55. The smallest absolute Gasteiger partial charge is 0.0737 e. The Morgan fingerprint density at radius 1 is 1.04 bits per heavy atom. The lowest BCUT2D eigenvalue weighted by molar-refractivity contribution is 0.108. The monoisotopic (exact) mass is 353 g/mol. The standard InChI is InChI=1S/C21H24ClN3/c22-17-1-2-18-19(3-4-23-20(18)12-17)24-5-6-25-21-15-8-13-7-14(10-15)11-16(21)9-13/h1-4,12-16H,5-11H2,(H,23,24). The van der Waals surface area contributed by atoms with E-state index in [1.165, 1.54) is 32.1 Å². The highest BCUT2D eigenvalue weighted by Crippen LogP contribution is 2.52. The van der Waals surface area contributed by atoms with Crippen molar-refractivity contribution in [1.82, 2.24) is 4.98 Å². The van der Waals surface area contributed by atoms with Gasteiger partial charge in [-0.2, -0.15) is 0 Å². The average Bonchev–Trinajstić information content (AvgIpc) is 2.59. The zero-order valence-electron chi connectivity index (χ0n) is 14.4. The maximum Gasteiger partial charge on any atom is 0.0737 e. The van der Waals surface area contributed by atoms with Crippen molar-refractivity contribution in [2.45, 2.75) is 32.1 Å². The van der Waals surface area contributed by atoms with E-state index in [4.69, 9.17) is 16.6 Å². The maximum atomic E-state index is 6.07. The number of halogens is 1. The van der Waals surface area contributed by atoms with Crippen LogP contribution in [0, 0.1) is 23.7 Å². The van der Waals surface area contributed by atoms with Gasteiger partial charge in [0, 0.05) is 34.5 Å². The van der Waals surface area contributed by atoms with E-state index in [1.54, 1.807) is 5.71 Å². The summed E-state index contributed by atoms with van der Waals surface area (Å²) >= 11 is 6.07. The molecule has 3 nitrogen and oxygen atoms in total. The molecule has 0 aliphatic heterocycles. The highest BCUT2D eigenvalue weighted by molar-refractivity contribution is 6.31. The highest BCUT2D eigenvalue weighted by atomic mass is 35.5. The SMILES string of the molecule is Clc1ccc2c(NCCN=C3C4CC5CC(C4)CC3C5)ccnc2c1. The molecule has 1 aromatic heterocycles. The Balaban J connectivity index is 1.26. The predicted molar refractivity (Wildman–Crippen MR) is 105 cm³/mol. The second-order valence-corrected chi connectivity index (χ2v) is 8.49. The number of benzene rings is 1. The molecular weight excluding hydrogens is 330 g/mol. The molecule has 0 unspecified atom stereocenters. The van der Waals surface area contributed by atoms with Gasteiger partial charge in [0.1, 0.15) is 0 Å². The summed E-state index contributed by atoms with van der Waals surface area (Å²) in [6.07, 6.45) is 8.99. The maximum absolute atomic E-state index is 6.07. The van der Waals surface area contributed by atoms with Crippen LogP contribution < -0.4 is 5.32 Å². The number of hydrogen-bond donors (Lipinski definition) is 1. The van der Waals surface area contributed by atoms with Crippen molar-refractivity contribution in [1.29, 1.82) is 0 Å². The summed E-state index contributed by atoms with van der Waals surface area (Å²) < 4.78 is 0. The van der Waals surface area contributed by atoms with Crippen LogP contribution in [0.15, 0.2) is 35.5 Å². The zero-order chi connectivity index (χ0) is 16.8. The van der Waals surface area contributed by atoms with Crippen molar-refractivity contribution in [2.75, 3.05) is 18.4 Å². The fourth-order valence-electron chi connectivity index (χ4n) is 5.58. The minimum Gasteiger partial charge on any atom is -0.383 e. The molecule has 4 fully saturated rings. The van der Waals surface area contributed by atoms with Crippen LogP contribution in [0.4, 0.5) is 5.69 Å². The van der Waals surface area contributed by atoms with E-state index in [2.05, 4.69) is 10.3 Å². The third-order valence-electron chi connectivity index (χ3n) is 6.40. The van der Waals surface area contributed by atoms with Crippen LogP contribution in [-0.2, 0) is 0 Å². The third kappa shape index (κ3) is 2.93. The Labute approximate surface area is 153 Å². The van der Waals surface area contributed by atoms with Gasteiger partial charge in [0.15, 0.2) is 0 Å². The van der Waals surface area contributed by atoms with Gasteiger partial charge >= 0.3 is 0 Å². The van der Waals surface area contributed by atoms with Crippen molar-refractivity contribution >= 4 is 33.9 Å². The summed E-state index contributed by atoms with van der Waals surface area (Å²) in [5.74, 6) is 3.63. The molecule has 4 aliphatic carbocycles. The molecule has 4 saturated carbocycles. The number of anilines is 1. The molecule has 2 aromatic rings. The summed E-state index contributed by atoms with van der Waals surface area (Å²) in [5.41, 5.74) is 3.61. The van der Waals surface area contributed by atoms with E-state index in [0.29, 0.717) is 0 Å². The molecule has 1 N–H and O–H groups in total. The number of rotatable bonds is 4. The molecule has 0 amide bonds. The number of nitrogens with one attached hydrogen (secondary N) is 1. The molecule has 4 bridgehead atoms. The molecule has 25 heavy (non-hydrogen) atoms. The molecule has 130 valence electrons. The molecule has 0 saturated heterocycles. The summed E-state index contributed by atoms with van der Waals surface area (Å²) in [4.78, 5) is 9.45. The molecule has 4 aliphatic rings. The summed E-state index contributed by atoms with van der Waals surface area (Å²) in [6, 6.07) is 7.91. The van der Waals surface area contributed by atoms with Crippen LogP contribution >= 0.6 is 11.6 Å². The number of aliphatic imine (C=N–C) groups is 1. The van der Waals surface area contributed by atoms with Crippen LogP contribution in [0.3, 0.4) is 0 Å². The molecule has 0 atom stereocenters. The predicted octanol–water partition coefficient (Wildman–Crippen LogP) is 5.20. The minimum atomic E-state index is 0.727. The number of pyridine rings is 1. The van der Waals surface area contributed by atoms with Gasteiger partial charge in [-0.15, -0.1) is 0 Å². The van der Waals surface area contributed by atoms with Crippen molar-refractivity contribution in [3.05, 3.63) is 35.5 Å². The van der Waals surface area contributed by atoms with Crippen molar-refractivity contribution in [2.24, 2.45) is 28.7 Å². The molecule has 0 spiro atoms. The van der Waals surface area contributed by atoms with E-state index >= 15 is 0 Å². The first kappa shape index (κ1) is 15.6. The average molecular weight is 354 g/mol. The second kappa shape index (κ2) is 6.28. The largest absolute Gasteiger partial charge is 0.383 e. The topological polar surface area (TPSA) is 37.3 Å². The van der Waals surface area contributed by atoms with Crippen LogP contribution in [-0.4, -0.2) is 23.8 Å². The number of hydrogen-bond acceptors (Lipinski definition) is 3. The zero-order valence-corrected chi connectivity index (χ0v) is 15.2. The molecule has 0 radical (unpaired) electrons. The van der Waals surface area contributed by atoms with Gasteiger partial charge in [0.25, 0.3) is 0 Å². The van der Waals surface area contributed by atoms with Gasteiger partial charge in [0.05, 0.1) is 12.1 Å². The first-order valence-electron chi connectivity index (χ1n) is 9.58. The van der Waals surface area contributed by atoms with Crippen molar-refractivity contribution < 1.29 is 0 Å². The minimum absolute atomic E-state index is 0.727. The second-order valence-electron chi connectivity index (χ2n) is 8.06. The van der Waals surface area contributed by atoms with E-state index in [0.717, 1.165) is 58.4 Å². The summed E-state index contributed by atoms with van der Waals surface area (Å²) in [7, 11) is 0. The molecule has 4 heteroatoms. The van der Waals surface area contributed by atoms with Crippen molar-refractivity contribution in [3.8, 4) is 0 Å². The van der Waals surface area contributed by atoms with Crippen LogP contribution in [0.1, 0.15) is 32.1 Å². The molecule has 1 heterocycles.